The van der Waals surface area contributed by atoms with Gasteiger partial charge in [0.05, 0.1) is 19.9 Å². The van der Waals surface area contributed by atoms with Gasteiger partial charge in [0.2, 0.25) is 5.91 Å². The van der Waals surface area contributed by atoms with E-state index in [0.717, 1.165) is 16.9 Å². The van der Waals surface area contributed by atoms with Crippen molar-refractivity contribution in [1.82, 2.24) is 9.78 Å². The largest absolute Gasteiger partial charge is 0.493 e. The first-order valence-corrected chi connectivity index (χ1v) is 9.08. The van der Waals surface area contributed by atoms with Gasteiger partial charge in [0.25, 0.3) is 0 Å². The molecular formula is C20H27N3O3. The molecule has 1 amide bonds. The Hall–Kier alpha value is -2.50. The molecule has 2 aromatic rings. The van der Waals surface area contributed by atoms with Gasteiger partial charge in [0, 0.05) is 23.9 Å². The highest BCUT2D eigenvalue weighted by atomic mass is 16.5. The number of fused-ring (bicyclic) bond motifs is 1. The number of anilines is 1. The quantitative estimate of drug-likeness (QED) is 0.849. The van der Waals surface area contributed by atoms with Crippen LogP contribution in [0.25, 0.3) is 0 Å². The molecule has 0 saturated heterocycles. The molecular weight excluding hydrogens is 330 g/mol. The van der Waals surface area contributed by atoms with Crippen molar-refractivity contribution in [2.24, 2.45) is 5.92 Å². The lowest BCUT2D eigenvalue weighted by Gasteiger charge is -2.25. The van der Waals surface area contributed by atoms with Gasteiger partial charge >= 0.3 is 0 Å². The van der Waals surface area contributed by atoms with Gasteiger partial charge in [-0.25, -0.2) is 4.68 Å². The lowest BCUT2D eigenvalue weighted by Crippen LogP contribution is -2.25. The van der Waals surface area contributed by atoms with E-state index in [0.29, 0.717) is 30.4 Å². The summed E-state index contributed by atoms with van der Waals surface area (Å²) in [5.74, 6) is 2.58. The maximum Gasteiger partial charge on any atom is 0.226 e. The molecule has 26 heavy (non-hydrogen) atoms. The number of nitrogens with zero attached hydrogens (tertiary/aromatic N) is 2. The predicted molar refractivity (Wildman–Crippen MR) is 101 cm³/mol. The summed E-state index contributed by atoms with van der Waals surface area (Å²) in [6, 6.07) is 6.07. The van der Waals surface area contributed by atoms with E-state index in [1.807, 2.05) is 42.9 Å². The Morgan fingerprint density at radius 1 is 1.27 bits per heavy atom. The predicted octanol–water partition coefficient (Wildman–Crippen LogP) is 3.98. The smallest absolute Gasteiger partial charge is 0.226 e. The number of benzene rings is 1. The Balaban J connectivity index is 1.99. The summed E-state index contributed by atoms with van der Waals surface area (Å²) in [7, 11) is 1.63. The standard InChI is InChI=1S/C20H27N3O3/c1-12(2)11-26-18-8-14(6-7-17(18)25-5)15-9-19(24)22-20-16(15)10-21-23(20)13(3)4/h6-8,10,12-13,15H,9,11H2,1-5H3,(H,22,24)/t15-/m1/s1. The SMILES string of the molecule is COc1ccc([C@H]2CC(=O)Nc3c2cnn3C(C)C)cc1OCC(C)C. The zero-order valence-electron chi connectivity index (χ0n) is 16.1. The van der Waals surface area contributed by atoms with Crippen molar-refractivity contribution in [3.8, 4) is 11.5 Å². The van der Waals surface area contributed by atoms with E-state index in [1.54, 1.807) is 7.11 Å². The van der Waals surface area contributed by atoms with Crippen LogP contribution in [-0.2, 0) is 4.79 Å². The molecule has 0 spiro atoms. The van der Waals surface area contributed by atoms with Crippen LogP contribution in [0.1, 0.15) is 57.2 Å². The Bertz CT molecular complexity index is 796. The van der Waals surface area contributed by atoms with Crippen molar-refractivity contribution < 1.29 is 14.3 Å². The Morgan fingerprint density at radius 2 is 2.04 bits per heavy atom. The summed E-state index contributed by atoms with van der Waals surface area (Å²) in [6.45, 7) is 8.92. The number of carbonyl (C=O) groups excluding carboxylic acids is 1. The summed E-state index contributed by atoms with van der Waals surface area (Å²) in [5.41, 5.74) is 2.07. The molecule has 6 heteroatoms. The van der Waals surface area contributed by atoms with Crippen molar-refractivity contribution in [2.75, 3.05) is 19.0 Å². The van der Waals surface area contributed by atoms with Crippen LogP contribution in [-0.4, -0.2) is 29.4 Å². The third-order valence-electron chi connectivity index (χ3n) is 4.50. The van der Waals surface area contributed by atoms with Gasteiger partial charge in [-0.3, -0.25) is 4.79 Å². The fraction of sp³-hybridized carbons (Fsp3) is 0.500. The molecule has 1 aliphatic heterocycles. The Kier molecular flexibility index (Phi) is 5.20. The van der Waals surface area contributed by atoms with Gasteiger partial charge in [-0.2, -0.15) is 5.10 Å². The number of nitrogens with one attached hydrogen (secondary N) is 1. The number of rotatable bonds is 6. The minimum absolute atomic E-state index is 0.00497. The van der Waals surface area contributed by atoms with Gasteiger partial charge in [-0.05, 0) is 37.5 Å². The van der Waals surface area contributed by atoms with Crippen LogP contribution in [0.5, 0.6) is 11.5 Å². The van der Waals surface area contributed by atoms with Gasteiger partial charge in [-0.1, -0.05) is 19.9 Å². The monoisotopic (exact) mass is 357 g/mol. The number of aromatic nitrogens is 2. The second kappa shape index (κ2) is 7.40. The molecule has 1 aromatic carbocycles. The summed E-state index contributed by atoms with van der Waals surface area (Å²) in [6.07, 6.45) is 2.26. The van der Waals surface area contributed by atoms with Crippen molar-refractivity contribution in [2.45, 2.75) is 46.1 Å². The summed E-state index contributed by atoms with van der Waals surface area (Å²) in [5, 5.41) is 7.44. The molecule has 1 aromatic heterocycles. The van der Waals surface area contributed by atoms with Crippen LogP contribution in [0.2, 0.25) is 0 Å². The molecule has 140 valence electrons. The molecule has 0 radical (unpaired) electrons. The number of methoxy groups -OCH3 is 1. The lowest BCUT2D eigenvalue weighted by atomic mass is 9.87. The highest BCUT2D eigenvalue weighted by molar-refractivity contribution is 5.94. The highest BCUT2D eigenvalue weighted by Crippen LogP contribution is 2.40. The molecule has 0 unspecified atom stereocenters. The van der Waals surface area contributed by atoms with E-state index in [-0.39, 0.29) is 17.9 Å². The van der Waals surface area contributed by atoms with E-state index in [2.05, 4.69) is 24.3 Å². The fourth-order valence-electron chi connectivity index (χ4n) is 3.21. The number of amides is 1. The molecule has 0 bridgehead atoms. The minimum atomic E-state index is -0.0430. The summed E-state index contributed by atoms with van der Waals surface area (Å²) in [4.78, 5) is 12.3. The first kappa shape index (κ1) is 18.3. The zero-order chi connectivity index (χ0) is 18.8. The fourth-order valence-corrected chi connectivity index (χ4v) is 3.21. The molecule has 3 rings (SSSR count). The molecule has 2 heterocycles. The van der Waals surface area contributed by atoms with Crippen molar-refractivity contribution >= 4 is 11.7 Å². The second-order valence-corrected chi connectivity index (χ2v) is 7.41. The minimum Gasteiger partial charge on any atom is -0.493 e. The number of hydrogen-bond donors (Lipinski definition) is 1. The van der Waals surface area contributed by atoms with Crippen molar-refractivity contribution in [3.05, 3.63) is 35.5 Å². The Morgan fingerprint density at radius 3 is 2.69 bits per heavy atom. The van der Waals surface area contributed by atoms with Gasteiger partial charge in [0.1, 0.15) is 5.82 Å². The van der Waals surface area contributed by atoms with Crippen LogP contribution in [0, 0.1) is 5.92 Å². The Labute approximate surface area is 154 Å². The molecule has 1 N–H and O–H groups in total. The highest BCUT2D eigenvalue weighted by Gasteiger charge is 2.31. The first-order chi connectivity index (χ1) is 12.4. The molecule has 1 aliphatic rings. The van der Waals surface area contributed by atoms with Crippen LogP contribution in [0.4, 0.5) is 5.82 Å². The van der Waals surface area contributed by atoms with E-state index in [1.165, 1.54) is 0 Å². The average Bonchev–Trinajstić information content (AvgIpc) is 3.02. The van der Waals surface area contributed by atoms with E-state index < -0.39 is 0 Å². The van der Waals surface area contributed by atoms with E-state index in [9.17, 15) is 4.79 Å². The van der Waals surface area contributed by atoms with E-state index in [4.69, 9.17) is 9.47 Å². The maximum atomic E-state index is 12.3. The summed E-state index contributed by atoms with van der Waals surface area (Å²) >= 11 is 0. The molecule has 1 atom stereocenters. The third-order valence-corrected chi connectivity index (χ3v) is 4.50. The van der Waals surface area contributed by atoms with Crippen LogP contribution in [0.15, 0.2) is 24.4 Å². The van der Waals surface area contributed by atoms with E-state index >= 15 is 0 Å². The normalized spacial score (nSPS) is 16.6. The van der Waals surface area contributed by atoms with Crippen molar-refractivity contribution in [3.63, 3.8) is 0 Å². The number of ether oxygens (including phenoxy) is 2. The average molecular weight is 357 g/mol. The maximum absolute atomic E-state index is 12.3. The molecule has 0 saturated carbocycles. The zero-order valence-corrected chi connectivity index (χ0v) is 16.1. The number of hydrogen-bond acceptors (Lipinski definition) is 4. The van der Waals surface area contributed by atoms with Crippen LogP contribution >= 0.6 is 0 Å². The van der Waals surface area contributed by atoms with Crippen LogP contribution in [0.3, 0.4) is 0 Å². The van der Waals surface area contributed by atoms with Crippen molar-refractivity contribution in [1.29, 1.82) is 0 Å². The van der Waals surface area contributed by atoms with Gasteiger partial charge in [0.15, 0.2) is 11.5 Å². The summed E-state index contributed by atoms with van der Waals surface area (Å²) < 4.78 is 13.2. The molecule has 0 aliphatic carbocycles. The third kappa shape index (κ3) is 3.54. The van der Waals surface area contributed by atoms with Gasteiger partial charge < -0.3 is 14.8 Å². The topological polar surface area (TPSA) is 65.4 Å². The van der Waals surface area contributed by atoms with Crippen LogP contribution < -0.4 is 14.8 Å². The lowest BCUT2D eigenvalue weighted by molar-refractivity contribution is -0.116. The number of carbonyl (C=O) groups is 1. The second-order valence-electron chi connectivity index (χ2n) is 7.41. The first-order valence-electron chi connectivity index (χ1n) is 9.08. The molecule has 6 nitrogen and oxygen atoms in total. The molecule has 0 fully saturated rings. The van der Waals surface area contributed by atoms with Gasteiger partial charge in [-0.15, -0.1) is 0 Å².